The van der Waals surface area contributed by atoms with Crippen LogP contribution in [0.3, 0.4) is 0 Å². The Hall–Kier alpha value is -1.89. The molecule has 1 aromatic carbocycles. The standard InChI is InChI=1S/C14H16ClN3O3/c1-20-13(21-2)8-16-14(19)12-7-11(17-18-12)9-5-3-4-6-10(9)15/h3-7,13H,8H2,1-2H3,(H,16,19)(H,17,18). The summed E-state index contributed by atoms with van der Waals surface area (Å²) in [6, 6.07) is 8.95. The minimum atomic E-state index is -0.486. The monoisotopic (exact) mass is 309 g/mol. The molecular weight excluding hydrogens is 294 g/mol. The molecule has 0 spiro atoms. The first-order valence-electron chi connectivity index (χ1n) is 6.29. The second kappa shape index (κ2) is 7.21. The van der Waals surface area contributed by atoms with E-state index in [-0.39, 0.29) is 12.5 Å². The van der Waals surface area contributed by atoms with E-state index in [0.717, 1.165) is 5.56 Å². The maximum atomic E-state index is 12.0. The summed E-state index contributed by atoms with van der Waals surface area (Å²) in [6.45, 7) is 0.242. The molecular formula is C14H16ClN3O3. The molecule has 0 saturated heterocycles. The minimum Gasteiger partial charge on any atom is -0.354 e. The number of aromatic amines is 1. The van der Waals surface area contributed by atoms with E-state index in [1.165, 1.54) is 14.2 Å². The van der Waals surface area contributed by atoms with Crippen molar-refractivity contribution in [2.45, 2.75) is 6.29 Å². The third kappa shape index (κ3) is 3.81. The number of aromatic nitrogens is 2. The van der Waals surface area contributed by atoms with Gasteiger partial charge in [-0.15, -0.1) is 0 Å². The molecule has 0 atom stereocenters. The number of halogens is 1. The highest BCUT2D eigenvalue weighted by Gasteiger charge is 2.14. The summed E-state index contributed by atoms with van der Waals surface area (Å²) in [7, 11) is 3.01. The summed E-state index contributed by atoms with van der Waals surface area (Å²) >= 11 is 6.10. The summed E-state index contributed by atoms with van der Waals surface area (Å²) in [5.41, 5.74) is 1.72. The fourth-order valence-corrected chi connectivity index (χ4v) is 2.01. The number of hydrogen-bond acceptors (Lipinski definition) is 4. The van der Waals surface area contributed by atoms with E-state index in [4.69, 9.17) is 21.1 Å². The zero-order chi connectivity index (χ0) is 15.2. The van der Waals surface area contributed by atoms with Crippen LogP contribution in [-0.4, -0.2) is 43.2 Å². The third-order valence-corrected chi connectivity index (χ3v) is 3.26. The lowest BCUT2D eigenvalue weighted by Crippen LogP contribution is -2.34. The normalized spacial score (nSPS) is 10.9. The Labute approximate surface area is 127 Å². The van der Waals surface area contributed by atoms with Gasteiger partial charge in [-0.25, -0.2) is 0 Å². The van der Waals surface area contributed by atoms with Gasteiger partial charge in [-0.05, 0) is 12.1 Å². The highest BCUT2D eigenvalue weighted by Crippen LogP contribution is 2.26. The third-order valence-electron chi connectivity index (χ3n) is 2.93. The van der Waals surface area contributed by atoms with Crippen LogP contribution < -0.4 is 5.32 Å². The molecule has 0 bridgehead atoms. The molecule has 0 radical (unpaired) electrons. The molecule has 0 unspecified atom stereocenters. The Balaban J connectivity index is 2.06. The van der Waals surface area contributed by atoms with Gasteiger partial charge in [-0.3, -0.25) is 9.89 Å². The second-order valence-corrected chi connectivity index (χ2v) is 4.66. The molecule has 0 aliphatic carbocycles. The van der Waals surface area contributed by atoms with Crippen molar-refractivity contribution in [1.82, 2.24) is 15.5 Å². The van der Waals surface area contributed by atoms with Crippen LogP contribution in [0.15, 0.2) is 30.3 Å². The Morgan fingerprint density at radius 2 is 2.10 bits per heavy atom. The van der Waals surface area contributed by atoms with Crippen LogP contribution in [-0.2, 0) is 9.47 Å². The molecule has 2 aromatic rings. The van der Waals surface area contributed by atoms with Crippen molar-refractivity contribution in [3.63, 3.8) is 0 Å². The number of benzene rings is 1. The zero-order valence-corrected chi connectivity index (χ0v) is 12.5. The number of rotatable bonds is 6. The lowest BCUT2D eigenvalue weighted by atomic mass is 10.1. The van der Waals surface area contributed by atoms with Crippen molar-refractivity contribution < 1.29 is 14.3 Å². The number of nitrogens with zero attached hydrogens (tertiary/aromatic N) is 1. The molecule has 2 N–H and O–H groups in total. The number of H-pyrrole nitrogens is 1. The van der Waals surface area contributed by atoms with Gasteiger partial charge < -0.3 is 14.8 Å². The van der Waals surface area contributed by atoms with Gasteiger partial charge in [0.25, 0.3) is 5.91 Å². The minimum absolute atomic E-state index is 0.242. The smallest absolute Gasteiger partial charge is 0.269 e. The topological polar surface area (TPSA) is 76.2 Å². The highest BCUT2D eigenvalue weighted by molar-refractivity contribution is 6.33. The lowest BCUT2D eigenvalue weighted by molar-refractivity contribution is -0.0974. The first-order valence-corrected chi connectivity index (χ1v) is 6.67. The SMILES string of the molecule is COC(CNC(=O)c1cc(-c2ccccc2Cl)n[nH]1)OC. The molecule has 0 aliphatic heterocycles. The van der Waals surface area contributed by atoms with Gasteiger partial charge in [0, 0.05) is 19.8 Å². The average molecular weight is 310 g/mol. The number of nitrogens with one attached hydrogen (secondary N) is 2. The van der Waals surface area contributed by atoms with Crippen molar-refractivity contribution in [3.8, 4) is 11.3 Å². The quantitative estimate of drug-likeness (QED) is 0.801. The van der Waals surface area contributed by atoms with Crippen molar-refractivity contribution >= 4 is 17.5 Å². The van der Waals surface area contributed by atoms with Crippen molar-refractivity contribution in [2.75, 3.05) is 20.8 Å². The molecule has 0 aliphatic rings. The molecule has 1 amide bonds. The van der Waals surface area contributed by atoms with Crippen molar-refractivity contribution in [3.05, 3.63) is 41.0 Å². The molecule has 0 fully saturated rings. The first kappa shape index (κ1) is 15.5. The van der Waals surface area contributed by atoms with E-state index in [9.17, 15) is 4.79 Å². The predicted molar refractivity (Wildman–Crippen MR) is 79.2 cm³/mol. The van der Waals surface area contributed by atoms with Crippen molar-refractivity contribution in [1.29, 1.82) is 0 Å². The fourth-order valence-electron chi connectivity index (χ4n) is 1.78. The molecule has 2 rings (SSSR count). The molecule has 1 heterocycles. The van der Waals surface area contributed by atoms with Crippen LogP contribution in [0.5, 0.6) is 0 Å². The number of amides is 1. The maximum Gasteiger partial charge on any atom is 0.269 e. The van der Waals surface area contributed by atoms with Crippen LogP contribution in [0.2, 0.25) is 5.02 Å². The van der Waals surface area contributed by atoms with E-state index in [1.54, 1.807) is 12.1 Å². The number of carbonyl (C=O) groups is 1. The van der Waals surface area contributed by atoms with Crippen LogP contribution in [0.1, 0.15) is 10.5 Å². The Morgan fingerprint density at radius 3 is 2.76 bits per heavy atom. The maximum absolute atomic E-state index is 12.0. The summed E-state index contributed by atoms with van der Waals surface area (Å²) in [5.74, 6) is -0.292. The summed E-state index contributed by atoms with van der Waals surface area (Å²) in [6.07, 6.45) is -0.486. The lowest BCUT2D eigenvalue weighted by Gasteiger charge is -2.13. The summed E-state index contributed by atoms with van der Waals surface area (Å²) in [4.78, 5) is 12.0. The van der Waals surface area contributed by atoms with E-state index in [2.05, 4.69) is 15.5 Å². The van der Waals surface area contributed by atoms with Gasteiger partial charge in [0.15, 0.2) is 6.29 Å². The van der Waals surface area contributed by atoms with E-state index in [0.29, 0.717) is 16.4 Å². The van der Waals surface area contributed by atoms with Gasteiger partial charge in [0.1, 0.15) is 5.69 Å². The predicted octanol–water partition coefficient (Wildman–Crippen LogP) is 2.08. The first-order chi connectivity index (χ1) is 10.2. The Bertz CT molecular complexity index is 611. The summed E-state index contributed by atoms with van der Waals surface area (Å²) in [5, 5.41) is 10.1. The molecule has 7 heteroatoms. The van der Waals surface area contributed by atoms with Gasteiger partial charge >= 0.3 is 0 Å². The fraction of sp³-hybridized carbons (Fsp3) is 0.286. The van der Waals surface area contributed by atoms with Gasteiger partial charge in [0.05, 0.1) is 17.3 Å². The zero-order valence-electron chi connectivity index (χ0n) is 11.7. The number of methoxy groups -OCH3 is 2. The number of ether oxygens (including phenoxy) is 2. The van der Waals surface area contributed by atoms with Crippen LogP contribution in [0.25, 0.3) is 11.3 Å². The number of hydrogen-bond donors (Lipinski definition) is 2. The largest absolute Gasteiger partial charge is 0.354 e. The Kier molecular flexibility index (Phi) is 5.32. The second-order valence-electron chi connectivity index (χ2n) is 4.26. The van der Waals surface area contributed by atoms with E-state index < -0.39 is 6.29 Å². The van der Waals surface area contributed by atoms with Gasteiger partial charge in [0.2, 0.25) is 0 Å². The van der Waals surface area contributed by atoms with Crippen LogP contribution in [0.4, 0.5) is 0 Å². The Morgan fingerprint density at radius 1 is 1.38 bits per heavy atom. The summed E-state index contributed by atoms with van der Waals surface area (Å²) < 4.78 is 9.99. The number of carbonyl (C=O) groups excluding carboxylic acids is 1. The average Bonchev–Trinajstić information content (AvgIpc) is 2.98. The molecule has 21 heavy (non-hydrogen) atoms. The molecule has 1 aromatic heterocycles. The van der Waals surface area contributed by atoms with Crippen LogP contribution in [0, 0.1) is 0 Å². The molecule has 112 valence electrons. The van der Waals surface area contributed by atoms with Gasteiger partial charge in [-0.2, -0.15) is 5.10 Å². The van der Waals surface area contributed by atoms with Gasteiger partial charge in [-0.1, -0.05) is 29.8 Å². The van der Waals surface area contributed by atoms with E-state index >= 15 is 0 Å². The highest BCUT2D eigenvalue weighted by atomic mass is 35.5. The molecule has 0 saturated carbocycles. The van der Waals surface area contributed by atoms with Crippen LogP contribution >= 0.6 is 11.6 Å². The van der Waals surface area contributed by atoms with Crippen molar-refractivity contribution in [2.24, 2.45) is 0 Å². The van der Waals surface area contributed by atoms with E-state index in [1.807, 2.05) is 18.2 Å². The molecule has 6 nitrogen and oxygen atoms in total.